The van der Waals surface area contributed by atoms with E-state index in [9.17, 15) is 9.59 Å². The first kappa shape index (κ1) is 21.0. The first-order valence-electron chi connectivity index (χ1n) is 10.2. The third-order valence-electron chi connectivity index (χ3n) is 4.96. The molecular formula is C25H23NO4S. The quantitative estimate of drug-likeness (QED) is 0.436. The van der Waals surface area contributed by atoms with Crippen molar-refractivity contribution in [3.63, 3.8) is 0 Å². The predicted molar refractivity (Wildman–Crippen MR) is 124 cm³/mol. The van der Waals surface area contributed by atoms with Gasteiger partial charge in [-0.25, -0.2) is 0 Å². The summed E-state index contributed by atoms with van der Waals surface area (Å²) in [6.45, 7) is 5.09. The second kappa shape index (κ2) is 9.27. The van der Waals surface area contributed by atoms with Gasteiger partial charge >= 0.3 is 0 Å². The van der Waals surface area contributed by atoms with Crippen molar-refractivity contribution in [2.24, 2.45) is 0 Å². The first-order chi connectivity index (χ1) is 15.1. The Hall–Kier alpha value is -3.25. The molecule has 0 atom stereocenters. The van der Waals surface area contributed by atoms with Crippen LogP contribution >= 0.6 is 11.8 Å². The van der Waals surface area contributed by atoms with E-state index in [1.807, 2.05) is 68.4 Å². The number of carbonyl (C=O) groups is 2. The van der Waals surface area contributed by atoms with Crippen LogP contribution in [0.1, 0.15) is 25.0 Å². The Kier molecular flexibility index (Phi) is 6.28. The van der Waals surface area contributed by atoms with Gasteiger partial charge in [0.2, 0.25) is 0 Å². The highest BCUT2D eigenvalue weighted by Crippen LogP contribution is 2.36. The number of amides is 2. The van der Waals surface area contributed by atoms with Gasteiger partial charge < -0.3 is 9.47 Å². The summed E-state index contributed by atoms with van der Waals surface area (Å²) in [5, 5.41) is 1.85. The SMILES string of the molecule is CCOc1ccc(/C=C2/SC(=O)N(Cc3cccc4ccccc34)C2=O)c(OCC)c1. The fourth-order valence-electron chi connectivity index (χ4n) is 3.55. The Morgan fingerprint density at radius 1 is 0.935 bits per heavy atom. The number of imide groups is 1. The molecule has 0 radical (unpaired) electrons. The number of ether oxygens (including phenoxy) is 2. The Labute approximate surface area is 185 Å². The fourth-order valence-corrected chi connectivity index (χ4v) is 4.38. The molecule has 5 nitrogen and oxygen atoms in total. The van der Waals surface area contributed by atoms with Crippen LogP contribution in [0.5, 0.6) is 11.5 Å². The zero-order valence-electron chi connectivity index (χ0n) is 17.5. The van der Waals surface area contributed by atoms with Crippen LogP contribution in [0.15, 0.2) is 65.6 Å². The van der Waals surface area contributed by atoms with Crippen LogP contribution < -0.4 is 9.47 Å². The van der Waals surface area contributed by atoms with Crippen LogP contribution in [0.25, 0.3) is 16.8 Å². The zero-order chi connectivity index (χ0) is 21.8. The highest BCUT2D eigenvalue weighted by Gasteiger charge is 2.35. The second-order valence-corrected chi connectivity index (χ2v) is 7.96. The minimum atomic E-state index is -0.292. The van der Waals surface area contributed by atoms with Crippen LogP contribution in [0.4, 0.5) is 4.79 Å². The predicted octanol–water partition coefficient (Wildman–Crippen LogP) is 5.87. The average Bonchev–Trinajstić information content (AvgIpc) is 3.03. The second-order valence-electron chi connectivity index (χ2n) is 6.97. The average molecular weight is 434 g/mol. The molecular weight excluding hydrogens is 410 g/mol. The van der Waals surface area contributed by atoms with Crippen molar-refractivity contribution < 1.29 is 19.1 Å². The van der Waals surface area contributed by atoms with E-state index in [2.05, 4.69) is 0 Å². The molecule has 1 aliphatic heterocycles. The molecule has 4 rings (SSSR count). The molecule has 31 heavy (non-hydrogen) atoms. The molecule has 0 N–H and O–H groups in total. The summed E-state index contributed by atoms with van der Waals surface area (Å²) >= 11 is 0.954. The van der Waals surface area contributed by atoms with Gasteiger partial charge in [0.1, 0.15) is 11.5 Å². The molecule has 2 amide bonds. The number of hydrogen-bond donors (Lipinski definition) is 0. The minimum Gasteiger partial charge on any atom is -0.494 e. The van der Waals surface area contributed by atoms with Gasteiger partial charge in [-0.15, -0.1) is 0 Å². The highest BCUT2D eigenvalue weighted by atomic mass is 32.2. The van der Waals surface area contributed by atoms with E-state index in [-0.39, 0.29) is 17.7 Å². The summed E-state index contributed by atoms with van der Waals surface area (Å²) in [7, 11) is 0. The maximum Gasteiger partial charge on any atom is 0.293 e. The third-order valence-corrected chi connectivity index (χ3v) is 5.87. The minimum absolute atomic E-state index is 0.241. The van der Waals surface area contributed by atoms with Gasteiger partial charge in [0.05, 0.1) is 24.7 Å². The van der Waals surface area contributed by atoms with Gasteiger partial charge in [-0.1, -0.05) is 42.5 Å². The topological polar surface area (TPSA) is 55.8 Å². The number of hydrogen-bond acceptors (Lipinski definition) is 5. The van der Waals surface area contributed by atoms with Gasteiger partial charge in [0.25, 0.3) is 11.1 Å². The Morgan fingerprint density at radius 3 is 2.52 bits per heavy atom. The molecule has 0 bridgehead atoms. The van der Waals surface area contributed by atoms with Gasteiger partial charge in [-0.05, 0) is 60.2 Å². The van der Waals surface area contributed by atoms with E-state index in [0.717, 1.165) is 33.7 Å². The molecule has 0 aliphatic carbocycles. The van der Waals surface area contributed by atoms with E-state index in [1.54, 1.807) is 12.1 Å². The fraction of sp³-hybridized carbons (Fsp3) is 0.200. The Balaban J connectivity index is 1.62. The number of rotatable bonds is 7. The maximum absolute atomic E-state index is 13.0. The van der Waals surface area contributed by atoms with Crippen molar-refractivity contribution in [1.29, 1.82) is 0 Å². The molecule has 1 heterocycles. The molecule has 0 unspecified atom stereocenters. The molecule has 0 spiro atoms. The molecule has 3 aromatic carbocycles. The Bertz CT molecular complexity index is 1170. The molecule has 3 aromatic rings. The van der Waals surface area contributed by atoms with Gasteiger partial charge in [-0.2, -0.15) is 0 Å². The standard InChI is InChI=1S/C25H23NO4S/c1-3-29-20-13-12-18(22(15-20)30-4-2)14-23-24(27)26(25(28)31-23)16-19-10-7-9-17-8-5-6-11-21(17)19/h5-15H,3-4,16H2,1-2H3/b23-14+. The summed E-state index contributed by atoms with van der Waals surface area (Å²) in [5.74, 6) is 1.03. The normalized spacial score (nSPS) is 15.2. The van der Waals surface area contributed by atoms with E-state index < -0.39 is 0 Å². The number of fused-ring (bicyclic) bond motifs is 1. The number of nitrogens with zero attached hydrogens (tertiary/aromatic N) is 1. The molecule has 6 heteroatoms. The van der Waals surface area contributed by atoms with Crippen LogP contribution in [0, 0.1) is 0 Å². The van der Waals surface area contributed by atoms with Crippen LogP contribution in [-0.4, -0.2) is 29.3 Å². The number of thioether (sulfide) groups is 1. The highest BCUT2D eigenvalue weighted by molar-refractivity contribution is 8.18. The lowest BCUT2D eigenvalue weighted by molar-refractivity contribution is -0.123. The van der Waals surface area contributed by atoms with E-state index >= 15 is 0 Å². The molecule has 1 aliphatic rings. The number of benzene rings is 3. The molecule has 1 fully saturated rings. The molecule has 158 valence electrons. The van der Waals surface area contributed by atoms with Gasteiger partial charge in [0, 0.05) is 11.6 Å². The van der Waals surface area contributed by atoms with Crippen molar-refractivity contribution in [2.75, 3.05) is 13.2 Å². The van der Waals surface area contributed by atoms with E-state index in [4.69, 9.17) is 9.47 Å². The Morgan fingerprint density at radius 2 is 1.71 bits per heavy atom. The third kappa shape index (κ3) is 4.44. The van der Waals surface area contributed by atoms with Crippen molar-refractivity contribution in [3.8, 4) is 11.5 Å². The summed E-state index contributed by atoms with van der Waals surface area (Å²) in [6.07, 6.45) is 1.72. The van der Waals surface area contributed by atoms with Crippen LogP contribution in [-0.2, 0) is 11.3 Å². The van der Waals surface area contributed by atoms with Crippen LogP contribution in [0.2, 0.25) is 0 Å². The lowest BCUT2D eigenvalue weighted by atomic mass is 10.0. The van der Waals surface area contributed by atoms with Crippen molar-refractivity contribution in [3.05, 3.63) is 76.7 Å². The first-order valence-corrected chi connectivity index (χ1v) is 11.0. The monoisotopic (exact) mass is 433 g/mol. The molecule has 0 saturated carbocycles. The largest absolute Gasteiger partial charge is 0.494 e. The van der Waals surface area contributed by atoms with E-state index in [0.29, 0.717) is 29.6 Å². The van der Waals surface area contributed by atoms with Crippen LogP contribution in [0.3, 0.4) is 0 Å². The van der Waals surface area contributed by atoms with Crippen molar-refractivity contribution in [1.82, 2.24) is 4.90 Å². The zero-order valence-corrected chi connectivity index (χ0v) is 18.3. The smallest absolute Gasteiger partial charge is 0.293 e. The summed E-state index contributed by atoms with van der Waals surface area (Å²) in [4.78, 5) is 27.4. The van der Waals surface area contributed by atoms with E-state index in [1.165, 1.54) is 4.90 Å². The van der Waals surface area contributed by atoms with Gasteiger partial charge in [0.15, 0.2) is 0 Å². The number of carbonyl (C=O) groups excluding carboxylic acids is 2. The van der Waals surface area contributed by atoms with Crippen molar-refractivity contribution in [2.45, 2.75) is 20.4 Å². The van der Waals surface area contributed by atoms with Gasteiger partial charge in [-0.3, -0.25) is 14.5 Å². The summed E-state index contributed by atoms with van der Waals surface area (Å²) in [5.41, 5.74) is 1.68. The lowest BCUT2D eigenvalue weighted by Gasteiger charge is -2.14. The summed E-state index contributed by atoms with van der Waals surface area (Å²) in [6, 6.07) is 19.4. The maximum atomic E-state index is 13.0. The lowest BCUT2D eigenvalue weighted by Crippen LogP contribution is -2.27. The summed E-state index contributed by atoms with van der Waals surface area (Å²) < 4.78 is 11.3. The molecule has 1 saturated heterocycles. The van der Waals surface area contributed by atoms with Crippen molar-refractivity contribution >= 4 is 39.8 Å². The molecule has 0 aromatic heterocycles.